The molecule has 1 aromatic carbocycles. The van der Waals surface area contributed by atoms with E-state index in [1.807, 2.05) is 6.92 Å². The number of carbonyl (C=O) groups is 1. The number of aromatic nitrogens is 2. The second-order valence-corrected chi connectivity index (χ2v) is 10.4. The predicted molar refractivity (Wildman–Crippen MR) is 116 cm³/mol. The van der Waals surface area contributed by atoms with Gasteiger partial charge in [0.1, 0.15) is 17.5 Å². The molecular formula is C22H27FN4O3S. The maximum absolute atomic E-state index is 14.0. The molecule has 1 saturated heterocycles. The Bertz CT molecular complexity index is 1110. The fraction of sp³-hybridized carbons (Fsp3) is 0.500. The van der Waals surface area contributed by atoms with Gasteiger partial charge in [-0.25, -0.2) is 27.1 Å². The lowest BCUT2D eigenvalue weighted by Crippen LogP contribution is -2.38. The van der Waals surface area contributed by atoms with Crippen molar-refractivity contribution in [3.63, 3.8) is 0 Å². The zero-order valence-electron chi connectivity index (χ0n) is 17.8. The lowest BCUT2D eigenvalue weighted by atomic mass is 10.0. The molecule has 9 heteroatoms. The first kappa shape index (κ1) is 21.8. The summed E-state index contributed by atoms with van der Waals surface area (Å²) in [7, 11) is -3.25. The molecule has 2 aliphatic heterocycles. The standard InChI is InChI=1S/C22H27FN4O3S/c1-3-31(29,30)26-12-10-17(14-26)21-24-15(2)18-8-9-20(28)27(22(18)25-21)13-11-16-6-4-5-7-19(16)23/h4-7,17H,3,8-14H2,1-2H3/t17-/m1/s1. The minimum atomic E-state index is -3.25. The average molecular weight is 447 g/mol. The van der Waals surface area contributed by atoms with Gasteiger partial charge in [-0.2, -0.15) is 0 Å². The first-order chi connectivity index (χ1) is 14.8. The van der Waals surface area contributed by atoms with Gasteiger partial charge in [-0.3, -0.25) is 9.69 Å². The molecule has 0 bridgehead atoms. The smallest absolute Gasteiger partial charge is 0.228 e. The number of nitrogens with zero attached hydrogens (tertiary/aromatic N) is 4. The van der Waals surface area contributed by atoms with Crippen molar-refractivity contribution in [3.8, 4) is 0 Å². The van der Waals surface area contributed by atoms with Crippen molar-refractivity contribution in [1.29, 1.82) is 0 Å². The number of aryl methyl sites for hydroxylation is 1. The highest BCUT2D eigenvalue weighted by molar-refractivity contribution is 7.89. The van der Waals surface area contributed by atoms with E-state index in [0.717, 1.165) is 11.3 Å². The van der Waals surface area contributed by atoms with E-state index in [9.17, 15) is 17.6 Å². The Kier molecular flexibility index (Phi) is 6.07. The van der Waals surface area contributed by atoms with E-state index in [-0.39, 0.29) is 23.4 Å². The third-order valence-electron chi connectivity index (χ3n) is 6.19. The van der Waals surface area contributed by atoms with E-state index in [0.29, 0.717) is 62.5 Å². The first-order valence-electron chi connectivity index (χ1n) is 10.7. The quantitative estimate of drug-likeness (QED) is 0.681. The maximum Gasteiger partial charge on any atom is 0.228 e. The molecule has 2 aromatic rings. The number of hydrogen-bond donors (Lipinski definition) is 0. The van der Waals surface area contributed by atoms with Crippen LogP contribution in [0.1, 0.15) is 48.3 Å². The molecule has 0 spiro atoms. The van der Waals surface area contributed by atoms with Crippen molar-refractivity contribution >= 4 is 21.7 Å². The van der Waals surface area contributed by atoms with Gasteiger partial charge in [0.15, 0.2) is 0 Å². The Morgan fingerprint density at radius 1 is 1.19 bits per heavy atom. The lowest BCUT2D eigenvalue weighted by molar-refractivity contribution is -0.118. The summed E-state index contributed by atoms with van der Waals surface area (Å²) >= 11 is 0. The Morgan fingerprint density at radius 3 is 2.71 bits per heavy atom. The summed E-state index contributed by atoms with van der Waals surface area (Å²) in [5, 5.41) is 0. The van der Waals surface area contributed by atoms with Crippen molar-refractivity contribution in [2.45, 2.75) is 45.4 Å². The number of anilines is 1. The molecule has 31 heavy (non-hydrogen) atoms. The summed E-state index contributed by atoms with van der Waals surface area (Å²) in [6.07, 6.45) is 2.00. The molecule has 0 saturated carbocycles. The van der Waals surface area contributed by atoms with Gasteiger partial charge in [-0.1, -0.05) is 18.2 Å². The summed E-state index contributed by atoms with van der Waals surface area (Å²) in [6, 6.07) is 6.57. The molecule has 3 heterocycles. The van der Waals surface area contributed by atoms with Crippen molar-refractivity contribution < 1.29 is 17.6 Å². The molecule has 166 valence electrons. The van der Waals surface area contributed by atoms with Gasteiger partial charge >= 0.3 is 0 Å². The van der Waals surface area contributed by atoms with E-state index >= 15 is 0 Å². The number of amides is 1. The highest BCUT2D eigenvalue weighted by Crippen LogP contribution is 2.33. The van der Waals surface area contributed by atoms with Crippen LogP contribution in [0.2, 0.25) is 0 Å². The van der Waals surface area contributed by atoms with Crippen LogP contribution in [0.15, 0.2) is 24.3 Å². The SMILES string of the molecule is CCS(=O)(=O)N1CC[C@@H](c2nc(C)c3c(n2)N(CCc2ccccc2F)C(=O)CC3)C1. The number of carbonyl (C=O) groups excluding carboxylic acids is 1. The monoisotopic (exact) mass is 446 g/mol. The number of sulfonamides is 1. The largest absolute Gasteiger partial charge is 0.296 e. The normalized spacial score (nSPS) is 19.6. The molecule has 7 nitrogen and oxygen atoms in total. The van der Waals surface area contributed by atoms with Crippen LogP contribution in [-0.4, -0.2) is 54.0 Å². The van der Waals surface area contributed by atoms with Crippen LogP contribution in [0.4, 0.5) is 10.2 Å². The highest BCUT2D eigenvalue weighted by Gasteiger charge is 2.35. The summed E-state index contributed by atoms with van der Waals surface area (Å²) in [4.78, 5) is 23.8. The molecule has 1 amide bonds. The third kappa shape index (κ3) is 4.34. The minimum absolute atomic E-state index is 0.0329. The number of halogens is 1. The van der Waals surface area contributed by atoms with E-state index in [1.165, 1.54) is 10.4 Å². The fourth-order valence-corrected chi connectivity index (χ4v) is 5.48. The van der Waals surface area contributed by atoms with E-state index < -0.39 is 10.0 Å². The summed E-state index contributed by atoms with van der Waals surface area (Å²) in [6.45, 7) is 4.70. The average Bonchev–Trinajstić information content (AvgIpc) is 3.25. The molecule has 1 aromatic heterocycles. The molecule has 0 N–H and O–H groups in total. The second kappa shape index (κ2) is 8.63. The molecule has 0 radical (unpaired) electrons. The first-order valence-corrected chi connectivity index (χ1v) is 12.3. The van der Waals surface area contributed by atoms with Crippen LogP contribution < -0.4 is 4.90 Å². The summed E-state index contributed by atoms with van der Waals surface area (Å²) in [5.41, 5.74) is 2.32. The van der Waals surface area contributed by atoms with Crippen molar-refractivity contribution in [2.24, 2.45) is 0 Å². The Labute approximate surface area is 182 Å². The van der Waals surface area contributed by atoms with Crippen molar-refractivity contribution in [1.82, 2.24) is 14.3 Å². The molecule has 0 unspecified atom stereocenters. The molecule has 0 aliphatic carbocycles. The highest BCUT2D eigenvalue weighted by atomic mass is 32.2. The second-order valence-electron chi connectivity index (χ2n) is 8.10. The molecule has 1 atom stereocenters. The fourth-order valence-electron chi connectivity index (χ4n) is 4.32. The summed E-state index contributed by atoms with van der Waals surface area (Å²) < 4.78 is 40.0. The van der Waals surface area contributed by atoms with E-state index in [4.69, 9.17) is 4.98 Å². The van der Waals surface area contributed by atoms with Crippen LogP contribution in [0, 0.1) is 12.7 Å². The maximum atomic E-state index is 14.0. The number of hydrogen-bond acceptors (Lipinski definition) is 5. The number of benzene rings is 1. The van der Waals surface area contributed by atoms with Crippen molar-refractivity contribution in [3.05, 3.63) is 52.7 Å². The van der Waals surface area contributed by atoms with E-state index in [2.05, 4.69) is 4.98 Å². The Balaban J connectivity index is 1.61. The van der Waals surface area contributed by atoms with Gasteiger partial charge < -0.3 is 0 Å². The number of rotatable bonds is 6. The number of fused-ring (bicyclic) bond motifs is 1. The zero-order valence-corrected chi connectivity index (χ0v) is 18.7. The minimum Gasteiger partial charge on any atom is -0.296 e. The Hall–Kier alpha value is -2.39. The van der Waals surface area contributed by atoms with Gasteiger partial charge in [-0.05, 0) is 44.7 Å². The van der Waals surface area contributed by atoms with Crippen molar-refractivity contribution in [2.75, 3.05) is 30.3 Å². The van der Waals surface area contributed by atoms with Crippen LogP contribution in [0.25, 0.3) is 0 Å². The molecule has 4 rings (SSSR count). The lowest BCUT2D eigenvalue weighted by Gasteiger charge is -2.30. The van der Waals surface area contributed by atoms with Crippen LogP contribution in [0.3, 0.4) is 0 Å². The topological polar surface area (TPSA) is 83.5 Å². The predicted octanol–water partition coefficient (Wildman–Crippen LogP) is 2.59. The van der Waals surface area contributed by atoms with Gasteiger partial charge in [-0.15, -0.1) is 0 Å². The van der Waals surface area contributed by atoms with Gasteiger partial charge in [0.05, 0.1) is 5.75 Å². The van der Waals surface area contributed by atoms with Crippen LogP contribution in [0.5, 0.6) is 0 Å². The van der Waals surface area contributed by atoms with E-state index in [1.54, 1.807) is 30.0 Å². The molecule has 2 aliphatic rings. The molecule has 1 fully saturated rings. The Morgan fingerprint density at radius 2 is 1.97 bits per heavy atom. The van der Waals surface area contributed by atoms with Gasteiger partial charge in [0.25, 0.3) is 0 Å². The molecular weight excluding hydrogens is 419 g/mol. The van der Waals surface area contributed by atoms with Crippen LogP contribution >= 0.6 is 0 Å². The zero-order chi connectivity index (χ0) is 22.2. The van der Waals surface area contributed by atoms with Gasteiger partial charge in [0.2, 0.25) is 15.9 Å². The van der Waals surface area contributed by atoms with Crippen LogP contribution in [-0.2, 0) is 27.7 Å². The third-order valence-corrected chi connectivity index (χ3v) is 8.04. The summed E-state index contributed by atoms with van der Waals surface area (Å²) in [5.74, 6) is 0.824. The van der Waals surface area contributed by atoms with Gasteiger partial charge in [0, 0.05) is 43.2 Å².